The number of ether oxygens (including phenoxy) is 1. The molecule has 0 aliphatic heterocycles. The Labute approximate surface area is 156 Å². The van der Waals surface area contributed by atoms with Crippen molar-refractivity contribution in [2.75, 3.05) is 5.32 Å². The molecule has 144 valence electrons. The first kappa shape index (κ1) is 19.0. The normalized spacial score (nSPS) is 25.4. The lowest BCUT2D eigenvalue weighted by Crippen LogP contribution is -2.41. The highest BCUT2D eigenvalue weighted by Crippen LogP contribution is 2.40. The lowest BCUT2D eigenvalue weighted by molar-refractivity contribution is -0.383. The van der Waals surface area contributed by atoms with Gasteiger partial charge in [-0.3, -0.25) is 24.5 Å². The Bertz CT molecular complexity index is 761. The second-order valence-electron chi connectivity index (χ2n) is 7.24. The molecule has 0 spiro atoms. The summed E-state index contributed by atoms with van der Waals surface area (Å²) in [5, 5.41) is 13.5. The average molecular weight is 374 g/mol. The van der Waals surface area contributed by atoms with Crippen LogP contribution in [0.5, 0.6) is 0 Å². The van der Waals surface area contributed by atoms with Crippen LogP contribution >= 0.6 is 0 Å². The number of carbonyl (C=O) groups is 3. The fourth-order valence-corrected chi connectivity index (χ4v) is 3.97. The molecule has 1 amide bonds. The van der Waals surface area contributed by atoms with E-state index >= 15 is 0 Å². The molecule has 3 atom stereocenters. The second kappa shape index (κ2) is 7.85. The lowest BCUT2D eigenvalue weighted by Gasteiger charge is -2.36. The summed E-state index contributed by atoms with van der Waals surface area (Å²) in [7, 11) is 0. The molecule has 0 aromatic heterocycles. The average Bonchev–Trinajstić information content (AvgIpc) is 2.61. The number of amides is 1. The third-order valence-corrected chi connectivity index (χ3v) is 5.40. The Morgan fingerprint density at radius 2 is 1.85 bits per heavy atom. The van der Waals surface area contributed by atoms with Crippen molar-refractivity contribution in [3.05, 3.63) is 34.4 Å². The first-order valence-electron chi connectivity index (χ1n) is 9.15. The summed E-state index contributed by atoms with van der Waals surface area (Å²) in [6.45, 7) is 1.43. The summed E-state index contributed by atoms with van der Waals surface area (Å²) in [5.41, 5.74) is -0.184. The van der Waals surface area contributed by atoms with E-state index in [1.54, 1.807) is 6.07 Å². The van der Waals surface area contributed by atoms with Crippen molar-refractivity contribution in [1.29, 1.82) is 0 Å². The number of esters is 1. The highest BCUT2D eigenvalue weighted by Gasteiger charge is 2.42. The Morgan fingerprint density at radius 1 is 1.22 bits per heavy atom. The van der Waals surface area contributed by atoms with E-state index in [0.29, 0.717) is 12.8 Å². The summed E-state index contributed by atoms with van der Waals surface area (Å²) >= 11 is 0. The molecule has 1 aromatic rings. The molecule has 0 unspecified atom stereocenters. The molecule has 2 aliphatic rings. The summed E-state index contributed by atoms with van der Waals surface area (Å²) in [5.74, 6) is -1.39. The highest BCUT2D eigenvalue weighted by atomic mass is 16.6. The summed E-state index contributed by atoms with van der Waals surface area (Å²) < 4.78 is 5.29. The Hall–Kier alpha value is -2.77. The Kier molecular flexibility index (Phi) is 5.53. The van der Waals surface area contributed by atoms with Gasteiger partial charge in [-0.1, -0.05) is 18.6 Å². The van der Waals surface area contributed by atoms with Gasteiger partial charge in [0.05, 0.1) is 10.8 Å². The van der Waals surface area contributed by atoms with Crippen LogP contribution in [0.3, 0.4) is 0 Å². The predicted octanol–water partition coefficient (Wildman–Crippen LogP) is 2.86. The van der Waals surface area contributed by atoms with E-state index in [9.17, 15) is 24.5 Å². The topological polar surface area (TPSA) is 116 Å². The summed E-state index contributed by atoms with van der Waals surface area (Å²) in [6.07, 6.45) is 2.51. The van der Waals surface area contributed by atoms with Crippen molar-refractivity contribution in [2.24, 2.45) is 17.8 Å². The molecule has 0 saturated heterocycles. The number of ketones is 1. The fourth-order valence-electron chi connectivity index (χ4n) is 3.97. The molecule has 1 aromatic carbocycles. The monoisotopic (exact) mass is 374 g/mol. The smallest absolute Gasteiger partial charge is 0.309 e. The van der Waals surface area contributed by atoms with Crippen LogP contribution in [0.25, 0.3) is 0 Å². The van der Waals surface area contributed by atoms with Crippen molar-refractivity contribution >= 4 is 29.0 Å². The molecule has 2 fully saturated rings. The molecule has 27 heavy (non-hydrogen) atoms. The van der Waals surface area contributed by atoms with Crippen molar-refractivity contribution in [3.8, 4) is 0 Å². The number of fused-ring (bicyclic) bond motifs is 2. The number of benzene rings is 1. The largest absolute Gasteiger partial charge is 0.452 e. The third kappa shape index (κ3) is 4.15. The summed E-state index contributed by atoms with van der Waals surface area (Å²) in [4.78, 5) is 47.3. The number of nitrogens with zero attached hydrogens (tertiary/aromatic N) is 1. The van der Waals surface area contributed by atoms with E-state index in [1.807, 2.05) is 0 Å². The van der Waals surface area contributed by atoms with Crippen LogP contribution in [0.4, 0.5) is 11.4 Å². The molecule has 2 aliphatic carbocycles. The van der Waals surface area contributed by atoms with Crippen molar-refractivity contribution < 1.29 is 24.0 Å². The van der Waals surface area contributed by atoms with Gasteiger partial charge in [0.25, 0.3) is 11.6 Å². The highest BCUT2D eigenvalue weighted by molar-refractivity contribution is 5.97. The Balaban J connectivity index is 1.59. The molecular formula is C19H22N2O6. The molecule has 0 heterocycles. The molecule has 3 rings (SSSR count). The zero-order chi connectivity index (χ0) is 19.6. The van der Waals surface area contributed by atoms with Gasteiger partial charge in [0.2, 0.25) is 0 Å². The molecule has 1 N–H and O–H groups in total. The standard InChI is InChI=1S/C19H22N2O6/c1-11(18(23)20-15-7-2-3-8-16(15)21(25)26)27-19(24)14-9-12-5-4-6-13(10-14)17(12)22/h2-3,7-8,11-14H,4-6,9-10H2,1H3,(H,20,23)/t11-,12+,13+/m1/s1. The van der Waals surface area contributed by atoms with Gasteiger partial charge in [-0.2, -0.15) is 0 Å². The third-order valence-electron chi connectivity index (χ3n) is 5.40. The van der Waals surface area contributed by atoms with Crippen LogP contribution in [-0.4, -0.2) is 28.7 Å². The van der Waals surface area contributed by atoms with E-state index in [1.165, 1.54) is 25.1 Å². The summed E-state index contributed by atoms with van der Waals surface area (Å²) in [6, 6.07) is 5.76. The van der Waals surface area contributed by atoms with Gasteiger partial charge in [0.15, 0.2) is 6.10 Å². The zero-order valence-electron chi connectivity index (χ0n) is 15.1. The fraction of sp³-hybridized carbons (Fsp3) is 0.526. The second-order valence-corrected chi connectivity index (χ2v) is 7.24. The minimum atomic E-state index is -1.09. The molecule has 2 saturated carbocycles. The van der Waals surface area contributed by atoms with Crippen LogP contribution < -0.4 is 5.32 Å². The number of hydrogen-bond donors (Lipinski definition) is 1. The van der Waals surface area contributed by atoms with Crippen molar-refractivity contribution in [1.82, 2.24) is 0 Å². The molecule has 8 heteroatoms. The number of rotatable bonds is 5. The molecule has 2 bridgehead atoms. The number of nitrogens with one attached hydrogen (secondary N) is 1. The number of nitro groups is 1. The van der Waals surface area contributed by atoms with Crippen LogP contribution in [-0.2, 0) is 19.1 Å². The van der Waals surface area contributed by atoms with E-state index < -0.39 is 22.9 Å². The number of carbonyl (C=O) groups excluding carboxylic acids is 3. The maximum Gasteiger partial charge on any atom is 0.309 e. The molecule has 0 radical (unpaired) electrons. The zero-order valence-corrected chi connectivity index (χ0v) is 15.1. The van der Waals surface area contributed by atoms with Crippen molar-refractivity contribution in [2.45, 2.75) is 45.1 Å². The number of hydrogen-bond acceptors (Lipinski definition) is 6. The lowest BCUT2D eigenvalue weighted by atomic mass is 9.67. The molecule has 8 nitrogen and oxygen atoms in total. The van der Waals surface area contributed by atoms with Gasteiger partial charge in [0, 0.05) is 17.9 Å². The van der Waals surface area contributed by atoms with Gasteiger partial charge in [-0.25, -0.2) is 0 Å². The predicted molar refractivity (Wildman–Crippen MR) is 95.8 cm³/mol. The number of anilines is 1. The number of nitro benzene ring substituents is 1. The van der Waals surface area contributed by atoms with Gasteiger partial charge in [-0.15, -0.1) is 0 Å². The Morgan fingerprint density at radius 3 is 2.48 bits per heavy atom. The van der Waals surface area contributed by atoms with Gasteiger partial charge in [-0.05, 0) is 38.7 Å². The van der Waals surface area contributed by atoms with Gasteiger partial charge < -0.3 is 10.1 Å². The first-order chi connectivity index (χ1) is 12.9. The van der Waals surface area contributed by atoms with Crippen LogP contribution in [0.2, 0.25) is 0 Å². The van der Waals surface area contributed by atoms with E-state index in [2.05, 4.69) is 5.32 Å². The maximum absolute atomic E-state index is 12.5. The number of Topliss-reactive ketones (excluding diaryl/α,β-unsaturated/α-hetero) is 1. The maximum atomic E-state index is 12.5. The quantitative estimate of drug-likeness (QED) is 0.481. The van der Waals surface area contributed by atoms with Crippen LogP contribution in [0, 0.1) is 27.9 Å². The van der Waals surface area contributed by atoms with E-state index in [4.69, 9.17) is 4.74 Å². The minimum absolute atomic E-state index is 0.0493. The van der Waals surface area contributed by atoms with Crippen LogP contribution in [0.1, 0.15) is 39.0 Å². The minimum Gasteiger partial charge on any atom is -0.452 e. The van der Waals surface area contributed by atoms with Gasteiger partial charge >= 0.3 is 5.97 Å². The van der Waals surface area contributed by atoms with E-state index in [-0.39, 0.29) is 34.9 Å². The first-order valence-corrected chi connectivity index (χ1v) is 9.15. The van der Waals surface area contributed by atoms with E-state index in [0.717, 1.165) is 19.3 Å². The SMILES string of the molecule is C[C@@H](OC(=O)C1C[C@@H]2CCC[C@@H](C1)C2=O)C(=O)Nc1ccccc1[N+](=O)[O-]. The van der Waals surface area contributed by atoms with Gasteiger partial charge in [0.1, 0.15) is 11.5 Å². The van der Waals surface area contributed by atoms with Crippen LogP contribution in [0.15, 0.2) is 24.3 Å². The molecular weight excluding hydrogens is 352 g/mol. The number of para-hydroxylation sites is 2. The van der Waals surface area contributed by atoms with Crippen molar-refractivity contribution in [3.63, 3.8) is 0 Å².